The molecular formula is C17H13FN2O3. The highest BCUT2D eigenvalue weighted by molar-refractivity contribution is 6.21. The van der Waals surface area contributed by atoms with Crippen LogP contribution in [0.4, 0.5) is 10.1 Å². The molecular weight excluding hydrogens is 299 g/mol. The van der Waals surface area contributed by atoms with Crippen molar-refractivity contribution in [2.75, 3.05) is 11.6 Å². The zero-order valence-corrected chi connectivity index (χ0v) is 12.3. The molecule has 1 aliphatic rings. The summed E-state index contributed by atoms with van der Waals surface area (Å²) in [5, 5.41) is 0. The Labute approximate surface area is 131 Å². The maximum Gasteiger partial charge on any atom is 0.263 e. The van der Waals surface area contributed by atoms with E-state index in [-0.39, 0.29) is 12.4 Å². The number of imide groups is 1. The largest absolute Gasteiger partial charge is 0.294 e. The smallest absolute Gasteiger partial charge is 0.263 e. The maximum atomic E-state index is 13.4. The SMILES string of the molecule is CC(=O)N(CN1C(=O)c2ccccc2C1=O)c1cccc(F)c1. The van der Waals surface area contributed by atoms with Gasteiger partial charge in [0.25, 0.3) is 11.8 Å². The molecule has 0 aromatic heterocycles. The predicted octanol–water partition coefficient (Wildman–Crippen LogP) is 2.43. The summed E-state index contributed by atoms with van der Waals surface area (Å²) in [6.45, 7) is 1.04. The van der Waals surface area contributed by atoms with Crippen molar-refractivity contribution in [3.8, 4) is 0 Å². The van der Waals surface area contributed by atoms with E-state index in [0.29, 0.717) is 11.1 Å². The van der Waals surface area contributed by atoms with Gasteiger partial charge < -0.3 is 0 Å². The lowest BCUT2D eigenvalue weighted by Crippen LogP contribution is -2.43. The number of halogens is 1. The van der Waals surface area contributed by atoms with Crippen molar-refractivity contribution in [2.45, 2.75) is 6.92 Å². The first-order chi connectivity index (χ1) is 11.0. The molecule has 3 amide bonds. The molecule has 116 valence electrons. The van der Waals surface area contributed by atoms with E-state index < -0.39 is 23.5 Å². The van der Waals surface area contributed by atoms with Gasteiger partial charge >= 0.3 is 0 Å². The van der Waals surface area contributed by atoms with E-state index in [1.54, 1.807) is 30.3 Å². The monoisotopic (exact) mass is 312 g/mol. The first-order valence-electron chi connectivity index (χ1n) is 6.98. The number of anilines is 1. The average molecular weight is 312 g/mol. The Morgan fingerprint density at radius 3 is 2.17 bits per heavy atom. The van der Waals surface area contributed by atoms with Gasteiger partial charge in [0.2, 0.25) is 5.91 Å². The minimum Gasteiger partial charge on any atom is -0.294 e. The molecule has 0 N–H and O–H groups in total. The lowest BCUT2D eigenvalue weighted by Gasteiger charge is -2.26. The van der Waals surface area contributed by atoms with Crippen molar-refractivity contribution in [3.05, 3.63) is 65.5 Å². The normalized spacial score (nSPS) is 13.2. The fraction of sp³-hybridized carbons (Fsp3) is 0.118. The molecule has 0 fully saturated rings. The van der Waals surface area contributed by atoms with Gasteiger partial charge in [-0.25, -0.2) is 4.39 Å². The lowest BCUT2D eigenvalue weighted by molar-refractivity contribution is -0.116. The number of hydrogen-bond acceptors (Lipinski definition) is 3. The van der Waals surface area contributed by atoms with Crippen LogP contribution in [-0.2, 0) is 4.79 Å². The summed E-state index contributed by atoms with van der Waals surface area (Å²) in [5.74, 6) is -1.83. The molecule has 23 heavy (non-hydrogen) atoms. The quantitative estimate of drug-likeness (QED) is 0.818. The van der Waals surface area contributed by atoms with E-state index in [1.807, 2.05) is 0 Å². The number of benzene rings is 2. The van der Waals surface area contributed by atoms with Gasteiger partial charge in [0, 0.05) is 12.6 Å². The molecule has 0 spiro atoms. The molecule has 2 aromatic rings. The van der Waals surface area contributed by atoms with Crippen LogP contribution in [0, 0.1) is 5.82 Å². The Hall–Kier alpha value is -3.02. The molecule has 1 heterocycles. The summed E-state index contributed by atoms with van der Waals surface area (Å²) < 4.78 is 13.4. The van der Waals surface area contributed by atoms with Crippen LogP contribution < -0.4 is 4.90 Å². The van der Waals surface area contributed by atoms with Crippen LogP contribution in [0.25, 0.3) is 0 Å². The van der Waals surface area contributed by atoms with Crippen molar-refractivity contribution < 1.29 is 18.8 Å². The minimum absolute atomic E-state index is 0.259. The summed E-state index contributed by atoms with van der Waals surface area (Å²) >= 11 is 0. The van der Waals surface area contributed by atoms with E-state index in [2.05, 4.69) is 0 Å². The third-order valence-electron chi connectivity index (χ3n) is 3.66. The molecule has 6 heteroatoms. The fourth-order valence-corrected chi connectivity index (χ4v) is 2.52. The second kappa shape index (κ2) is 5.64. The molecule has 0 saturated carbocycles. The van der Waals surface area contributed by atoms with Crippen molar-refractivity contribution in [1.82, 2.24) is 4.90 Å². The van der Waals surface area contributed by atoms with Crippen LogP contribution in [0.5, 0.6) is 0 Å². The minimum atomic E-state index is -0.504. The van der Waals surface area contributed by atoms with Crippen LogP contribution in [0.3, 0.4) is 0 Å². The number of carbonyl (C=O) groups is 3. The van der Waals surface area contributed by atoms with Gasteiger partial charge in [-0.1, -0.05) is 18.2 Å². The van der Waals surface area contributed by atoms with Gasteiger partial charge in [0.05, 0.1) is 11.1 Å². The Kier molecular flexibility index (Phi) is 3.65. The van der Waals surface area contributed by atoms with Gasteiger partial charge in [-0.15, -0.1) is 0 Å². The molecule has 1 aliphatic heterocycles. The van der Waals surface area contributed by atoms with Crippen molar-refractivity contribution in [3.63, 3.8) is 0 Å². The van der Waals surface area contributed by atoms with Crippen LogP contribution in [-0.4, -0.2) is 29.3 Å². The highest BCUT2D eigenvalue weighted by Gasteiger charge is 2.36. The van der Waals surface area contributed by atoms with Gasteiger partial charge in [0.1, 0.15) is 12.5 Å². The van der Waals surface area contributed by atoms with Crippen molar-refractivity contribution in [1.29, 1.82) is 0 Å². The van der Waals surface area contributed by atoms with E-state index in [4.69, 9.17) is 0 Å². The Morgan fingerprint density at radius 1 is 1.04 bits per heavy atom. The van der Waals surface area contributed by atoms with Gasteiger partial charge in [-0.05, 0) is 30.3 Å². The molecule has 0 aliphatic carbocycles. The molecule has 0 radical (unpaired) electrons. The Morgan fingerprint density at radius 2 is 1.65 bits per heavy atom. The zero-order valence-electron chi connectivity index (χ0n) is 12.3. The third-order valence-corrected chi connectivity index (χ3v) is 3.66. The summed E-state index contributed by atoms with van der Waals surface area (Å²) in [4.78, 5) is 38.8. The summed E-state index contributed by atoms with van der Waals surface area (Å²) in [7, 11) is 0. The molecule has 0 unspecified atom stereocenters. The van der Waals surface area contributed by atoms with Crippen LogP contribution >= 0.6 is 0 Å². The van der Waals surface area contributed by atoms with Crippen molar-refractivity contribution >= 4 is 23.4 Å². The highest BCUT2D eigenvalue weighted by Crippen LogP contribution is 2.24. The first kappa shape index (κ1) is 14.9. The van der Waals surface area contributed by atoms with E-state index in [9.17, 15) is 18.8 Å². The lowest BCUT2D eigenvalue weighted by atomic mass is 10.1. The second-order valence-corrected chi connectivity index (χ2v) is 5.15. The number of hydrogen-bond donors (Lipinski definition) is 0. The first-order valence-corrected chi connectivity index (χ1v) is 6.98. The molecule has 0 saturated heterocycles. The van der Waals surface area contributed by atoms with Crippen molar-refractivity contribution in [2.24, 2.45) is 0 Å². The number of fused-ring (bicyclic) bond motifs is 1. The Bertz CT molecular complexity index is 784. The summed E-state index contributed by atoms with van der Waals surface area (Å²) in [6, 6.07) is 11.9. The van der Waals surface area contributed by atoms with E-state index in [1.165, 1.54) is 30.0 Å². The maximum absolute atomic E-state index is 13.4. The van der Waals surface area contributed by atoms with Gasteiger partial charge in [-0.2, -0.15) is 0 Å². The number of carbonyl (C=O) groups excluding carboxylic acids is 3. The fourth-order valence-electron chi connectivity index (χ4n) is 2.52. The predicted molar refractivity (Wildman–Crippen MR) is 81.4 cm³/mol. The molecule has 0 atom stereocenters. The number of nitrogens with zero attached hydrogens (tertiary/aromatic N) is 2. The summed E-state index contributed by atoms with van der Waals surface area (Å²) in [6.07, 6.45) is 0. The third kappa shape index (κ3) is 2.59. The average Bonchev–Trinajstić information content (AvgIpc) is 2.77. The molecule has 2 aromatic carbocycles. The van der Waals surface area contributed by atoms with Gasteiger partial charge in [-0.3, -0.25) is 24.2 Å². The topological polar surface area (TPSA) is 57.7 Å². The number of rotatable bonds is 3. The van der Waals surface area contributed by atoms with Crippen LogP contribution in [0.15, 0.2) is 48.5 Å². The van der Waals surface area contributed by atoms with Crippen LogP contribution in [0.1, 0.15) is 27.6 Å². The van der Waals surface area contributed by atoms with E-state index >= 15 is 0 Å². The zero-order chi connectivity index (χ0) is 16.6. The number of amides is 3. The van der Waals surface area contributed by atoms with E-state index in [0.717, 1.165) is 4.90 Å². The highest BCUT2D eigenvalue weighted by atomic mass is 19.1. The molecule has 0 bridgehead atoms. The molecule has 3 rings (SSSR count). The van der Waals surface area contributed by atoms with Crippen LogP contribution in [0.2, 0.25) is 0 Å². The van der Waals surface area contributed by atoms with Gasteiger partial charge in [0.15, 0.2) is 0 Å². The molecule has 5 nitrogen and oxygen atoms in total. The summed E-state index contributed by atoms with van der Waals surface area (Å²) in [5.41, 5.74) is 0.898. The standard InChI is InChI=1S/C17H13FN2O3/c1-11(21)19(13-6-4-5-12(18)9-13)10-20-16(22)14-7-2-3-8-15(14)17(20)23/h2-9H,10H2,1H3. The second-order valence-electron chi connectivity index (χ2n) is 5.15. The Balaban J connectivity index is 1.92.